The minimum Gasteiger partial charge on any atom is -0.462 e. The molecule has 0 aromatic carbocycles. The quantitative estimate of drug-likeness (QED) is 0.275. The molecule has 6 heteroatoms. The molecular formula is C41H69NO5. The number of allylic oxidation sites excluding steroid dienone is 2. The molecule has 0 aromatic heterocycles. The first-order chi connectivity index (χ1) is 21.8. The smallest absolute Gasteiger partial charge is 0.312 e. The average Bonchev–Trinajstić information content (AvgIpc) is 3.26. The first-order valence-corrected chi connectivity index (χ1v) is 19.2. The second kappa shape index (κ2) is 13.6. The summed E-state index contributed by atoms with van der Waals surface area (Å²) in [6.07, 6.45) is 10.6. The summed E-state index contributed by atoms with van der Waals surface area (Å²) >= 11 is 0. The fourth-order valence-corrected chi connectivity index (χ4v) is 11.8. The van der Waals surface area contributed by atoms with Gasteiger partial charge in [-0.05, 0) is 151 Å². The zero-order valence-corrected chi connectivity index (χ0v) is 32.1. The van der Waals surface area contributed by atoms with E-state index in [1.165, 1.54) is 31.3 Å². The zero-order valence-electron chi connectivity index (χ0n) is 32.1. The number of fused-ring (bicyclic) bond motifs is 7. The number of ketones is 1. The van der Waals surface area contributed by atoms with Crippen LogP contribution in [0.4, 0.5) is 0 Å². The van der Waals surface area contributed by atoms with Crippen LogP contribution in [0.15, 0.2) is 11.1 Å². The molecule has 4 fully saturated rings. The molecule has 0 radical (unpaired) electrons. The Bertz CT molecular complexity index is 1230. The molecular weight excluding hydrogens is 586 g/mol. The van der Waals surface area contributed by atoms with E-state index >= 15 is 0 Å². The van der Waals surface area contributed by atoms with Crippen LogP contribution in [-0.4, -0.2) is 36.0 Å². The van der Waals surface area contributed by atoms with E-state index in [0.29, 0.717) is 42.4 Å². The van der Waals surface area contributed by atoms with Gasteiger partial charge in [0, 0.05) is 11.8 Å². The molecule has 5 aliphatic rings. The molecule has 5 aliphatic carbocycles. The molecule has 47 heavy (non-hydrogen) atoms. The van der Waals surface area contributed by atoms with E-state index < -0.39 is 11.0 Å². The van der Waals surface area contributed by atoms with E-state index in [0.717, 1.165) is 37.7 Å². The summed E-state index contributed by atoms with van der Waals surface area (Å²) in [6.45, 7) is 25.6. The molecule has 0 bridgehead atoms. The van der Waals surface area contributed by atoms with Gasteiger partial charge in [-0.15, -0.1) is 0 Å². The Morgan fingerprint density at radius 3 is 2.11 bits per heavy atom. The first kappa shape index (κ1) is 38.1. The van der Waals surface area contributed by atoms with Gasteiger partial charge in [0.25, 0.3) is 0 Å². The predicted octanol–water partition coefficient (Wildman–Crippen LogP) is 9.23. The maximum atomic E-state index is 13.5. The normalized spacial score (nSPS) is 38.4. The van der Waals surface area contributed by atoms with Crippen molar-refractivity contribution in [3.8, 4) is 0 Å². The van der Waals surface area contributed by atoms with Gasteiger partial charge in [0.15, 0.2) is 5.78 Å². The van der Waals surface area contributed by atoms with Gasteiger partial charge < -0.3 is 15.2 Å². The summed E-state index contributed by atoms with van der Waals surface area (Å²) in [5, 5.41) is 0. The number of carbonyl (C=O) groups excluding carboxylic acids is 3. The molecule has 5 rings (SSSR count). The highest BCUT2D eigenvalue weighted by molar-refractivity contribution is 6.00. The van der Waals surface area contributed by atoms with Crippen LogP contribution in [-0.2, 0) is 23.9 Å². The van der Waals surface area contributed by atoms with Crippen LogP contribution in [0.2, 0.25) is 0 Å². The Kier molecular flexibility index (Phi) is 11.0. The van der Waals surface area contributed by atoms with Crippen molar-refractivity contribution in [1.82, 2.24) is 0 Å². The van der Waals surface area contributed by atoms with Gasteiger partial charge in [-0.25, -0.2) is 0 Å². The number of hydrogen-bond donors (Lipinski definition) is 1. The van der Waals surface area contributed by atoms with Gasteiger partial charge in [0.1, 0.15) is 11.7 Å². The van der Waals surface area contributed by atoms with Gasteiger partial charge in [-0.3, -0.25) is 14.4 Å². The maximum Gasteiger partial charge on any atom is 0.312 e. The summed E-state index contributed by atoms with van der Waals surface area (Å²) in [5.41, 5.74) is 7.84. The van der Waals surface area contributed by atoms with Crippen molar-refractivity contribution in [1.29, 1.82) is 0 Å². The monoisotopic (exact) mass is 656 g/mol. The standard InChI is InChI=1S/C39H63NO5.C2H6/c1-23(2)32-28(41)21-39(19-20-40)18-14-27-25(33(32)39)11-12-30-37(9)17-15-29(24(3)26(37)13-16-38(27,30)10)44-31(42)22-36(7,8)34(43)45-35(4,5)6;1-2/h23-27,29-30H,11-22,40H2,1-10H3;1-2H3. The van der Waals surface area contributed by atoms with E-state index in [9.17, 15) is 14.4 Å². The van der Waals surface area contributed by atoms with Crippen molar-refractivity contribution >= 4 is 17.7 Å². The number of nitrogens with two attached hydrogens (primary N) is 1. The third kappa shape index (κ3) is 6.76. The van der Waals surface area contributed by atoms with Crippen LogP contribution in [0.25, 0.3) is 0 Å². The van der Waals surface area contributed by atoms with E-state index in [2.05, 4.69) is 34.6 Å². The first-order valence-electron chi connectivity index (χ1n) is 19.2. The lowest BCUT2D eigenvalue weighted by atomic mass is 9.38. The van der Waals surface area contributed by atoms with Crippen LogP contribution in [0.5, 0.6) is 0 Å². The highest BCUT2D eigenvalue weighted by Crippen LogP contribution is 2.72. The number of rotatable bonds is 7. The number of carbonyl (C=O) groups is 3. The van der Waals surface area contributed by atoms with Crippen LogP contribution < -0.4 is 5.73 Å². The van der Waals surface area contributed by atoms with Gasteiger partial charge >= 0.3 is 11.9 Å². The molecule has 0 heterocycles. The predicted molar refractivity (Wildman–Crippen MR) is 189 cm³/mol. The Hall–Kier alpha value is -1.69. The van der Waals surface area contributed by atoms with Crippen LogP contribution in [0.3, 0.4) is 0 Å². The van der Waals surface area contributed by atoms with E-state index in [4.69, 9.17) is 15.2 Å². The fourth-order valence-electron chi connectivity index (χ4n) is 11.8. The van der Waals surface area contributed by atoms with Crippen LogP contribution in [0, 0.1) is 57.2 Å². The fraction of sp³-hybridized carbons (Fsp3) is 0.878. The molecule has 6 nitrogen and oxygen atoms in total. The minimum atomic E-state index is -0.932. The molecule has 0 amide bonds. The third-order valence-electron chi connectivity index (χ3n) is 13.7. The van der Waals surface area contributed by atoms with Gasteiger partial charge in [-0.1, -0.05) is 54.0 Å². The highest BCUT2D eigenvalue weighted by atomic mass is 16.6. The molecule has 2 N–H and O–H groups in total. The van der Waals surface area contributed by atoms with Crippen molar-refractivity contribution in [2.75, 3.05) is 6.54 Å². The number of hydrogen-bond acceptors (Lipinski definition) is 6. The lowest BCUT2D eigenvalue weighted by Crippen LogP contribution is -2.60. The molecule has 268 valence electrons. The summed E-state index contributed by atoms with van der Waals surface area (Å²) in [4.78, 5) is 39.5. The Balaban J connectivity index is 0.00000245. The topological polar surface area (TPSA) is 95.7 Å². The SMILES string of the molecule is CC.CC(C)C1=C2C3CCC4C(C)(CCC5C(C)C(OC(=O)CC(C)(C)C(=O)OC(C)(C)C)CCC54C)C3CCC2(CCN)CC1=O. The van der Waals surface area contributed by atoms with Gasteiger partial charge in [0.05, 0.1) is 11.8 Å². The molecule has 9 unspecified atom stereocenters. The molecule has 0 aromatic rings. The largest absolute Gasteiger partial charge is 0.462 e. The van der Waals surface area contributed by atoms with Gasteiger partial charge in [-0.2, -0.15) is 0 Å². The van der Waals surface area contributed by atoms with Crippen molar-refractivity contribution in [3.63, 3.8) is 0 Å². The van der Waals surface area contributed by atoms with Crippen molar-refractivity contribution in [2.24, 2.45) is 62.9 Å². The number of ether oxygens (including phenoxy) is 2. The van der Waals surface area contributed by atoms with Gasteiger partial charge in [0.2, 0.25) is 0 Å². The van der Waals surface area contributed by atoms with Crippen molar-refractivity contribution in [2.45, 2.75) is 165 Å². The lowest BCUT2D eigenvalue weighted by Gasteiger charge is -2.67. The molecule has 4 saturated carbocycles. The summed E-state index contributed by atoms with van der Waals surface area (Å²) in [6, 6.07) is 0. The second-order valence-electron chi connectivity index (χ2n) is 18.4. The molecule has 0 saturated heterocycles. The summed E-state index contributed by atoms with van der Waals surface area (Å²) < 4.78 is 11.8. The summed E-state index contributed by atoms with van der Waals surface area (Å²) in [7, 11) is 0. The molecule has 0 aliphatic heterocycles. The van der Waals surface area contributed by atoms with E-state index in [1.807, 2.05) is 34.6 Å². The van der Waals surface area contributed by atoms with Crippen LogP contribution in [0.1, 0.15) is 154 Å². The molecule has 9 atom stereocenters. The zero-order chi connectivity index (χ0) is 35.3. The second-order valence-corrected chi connectivity index (χ2v) is 18.4. The Morgan fingerprint density at radius 1 is 0.915 bits per heavy atom. The van der Waals surface area contributed by atoms with Crippen molar-refractivity contribution < 1.29 is 23.9 Å². The van der Waals surface area contributed by atoms with E-state index in [-0.39, 0.29) is 52.5 Å². The maximum absolute atomic E-state index is 13.5. The number of esters is 2. The Labute approximate surface area is 287 Å². The summed E-state index contributed by atoms with van der Waals surface area (Å²) in [5.74, 6) is 2.58. The lowest BCUT2D eigenvalue weighted by molar-refractivity contribution is -0.192. The average molecular weight is 656 g/mol. The minimum absolute atomic E-state index is 0.00536. The van der Waals surface area contributed by atoms with Crippen LogP contribution >= 0.6 is 0 Å². The third-order valence-corrected chi connectivity index (χ3v) is 13.7. The van der Waals surface area contributed by atoms with E-state index in [1.54, 1.807) is 13.8 Å². The van der Waals surface area contributed by atoms with Crippen molar-refractivity contribution in [3.05, 3.63) is 11.1 Å². The molecule has 0 spiro atoms. The number of Topliss-reactive ketones (excluding diaryl/α,β-unsaturated/α-hetero) is 1. The highest BCUT2D eigenvalue weighted by Gasteiger charge is 2.64. The Morgan fingerprint density at radius 2 is 1.51 bits per heavy atom.